The number of rotatable bonds is 7. The van der Waals surface area contributed by atoms with E-state index in [1.54, 1.807) is 6.92 Å². The van der Waals surface area contributed by atoms with Crippen LogP contribution in [0, 0.1) is 0 Å². The van der Waals surface area contributed by atoms with Crippen LogP contribution in [0.5, 0.6) is 0 Å². The molecule has 2 aliphatic rings. The highest BCUT2D eigenvalue weighted by Crippen LogP contribution is 2.29. The van der Waals surface area contributed by atoms with Crippen LogP contribution in [0.25, 0.3) is 0 Å². The molecule has 1 saturated carbocycles. The van der Waals surface area contributed by atoms with Gasteiger partial charge in [0.05, 0.1) is 25.3 Å². The zero-order chi connectivity index (χ0) is 17.8. The van der Waals surface area contributed by atoms with E-state index < -0.39 is 0 Å². The fraction of sp³-hybridized carbons (Fsp3) is 0.737. The molecule has 6 nitrogen and oxygen atoms in total. The predicted molar refractivity (Wildman–Crippen MR) is 93.9 cm³/mol. The third-order valence-corrected chi connectivity index (χ3v) is 5.45. The van der Waals surface area contributed by atoms with Gasteiger partial charge >= 0.3 is 5.97 Å². The fourth-order valence-corrected chi connectivity index (χ4v) is 4.21. The Bertz CT molecular complexity index is 632. The van der Waals surface area contributed by atoms with E-state index in [4.69, 9.17) is 4.74 Å². The van der Waals surface area contributed by atoms with Gasteiger partial charge in [0.25, 0.3) is 0 Å². The number of hydrogen-bond acceptors (Lipinski definition) is 4. The number of amides is 1. The first kappa shape index (κ1) is 18.0. The van der Waals surface area contributed by atoms with Gasteiger partial charge in [0.1, 0.15) is 0 Å². The van der Waals surface area contributed by atoms with Gasteiger partial charge in [-0.15, -0.1) is 0 Å². The maximum atomic E-state index is 12.8. The van der Waals surface area contributed by atoms with Crippen molar-refractivity contribution < 1.29 is 14.3 Å². The van der Waals surface area contributed by atoms with E-state index in [9.17, 15) is 9.59 Å². The lowest BCUT2D eigenvalue weighted by atomic mass is 10.1. The molecule has 0 aliphatic heterocycles. The molecule has 0 aromatic carbocycles. The molecule has 0 unspecified atom stereocenters. The number of ether oxygens (including phenoxy) is 1. The summed E-state index contributed by atoms with van der Waals surface area (Å²) in [6, 6.07) is 0.286. The van der Waals surface area contributed by atoms with E-state index in [-0.39, 0.29) is 30.8 Å². The van der Waals surface area contributed by atoms with Crippen LogP contribution in [-0.4, -0.2) is 39.2 Å². The molecule has 2 aliphatic carbocycles. The van der Waals surface area contributed by atoms with Gasteiger partial charge in [-0.05, 0) is 44.6 Å². The molecule has 1 aromatic rings. The first-order valence-corrected chi connectivity index (χ1v) is 9.58. The van der Waals surface area contributed by atoms with E-state index in [0.29, 0.717) is 13.2 Å². The van der Waals surface area contributed by atoms with Gasteiger partial charge in [-0.3, -0.25) is 14.3 Å². The molecule has 0 bridgehead atoms. The van der Waals surface area contributed by atoms with Gasteiger partial charge in [0.15, 0.2) is 0 Å². The molecule has 1 amide bonds. The third kappa shape index (κ3) is 4.05. The Morgan fingerprint density at radius 1 is 1.20 bits per heavy atom. The lowest BCUT2D eigenvalue weighted by Crippen LogP contribution is -2.38. The average Bonchev–Trinajstić information content (AvgIpc) is 3.31. The lowest BCUT2D eigenvalue weighted by molar-refractivity contribution is -0.146. The molecule has 138 valence electrons. The Balaban J connectivity index is 1.70. The van der Waals surface area contributed by atoms with E-state index >= 15 is 0 Å². The molecule has 3 rings (SSSR count). The zero-order valence-corrected chi connectivity index (χ0v) is 15.4. The number of nitrogens with zero attached hydrogens (tertiary/aromatic N) is 3. The maximum Gasteiger partial charge on any atom is 0.306 e. The summed E-state index contributed by atoms with van der Waals surface area (Å²) >= 11 is 0. The van der Waals surface area contributed by atoms with Crippen LogP contribution in [0.2, 0.25) is 0 Å². The molecule has 0 saturated heterocycles. The summed E-state index contributed by atoms with van der Waals surface area (Å²) in [4.78, 5) is 26.4. The second-order valence-electron chi connectivity index (χ2n) is 7.11. The van der Waals surface area contributed by atoms with Gasteiger partial charge in [0.2, 0.25) is 5.91 Å². The average molecular weight is 347 g/mol. The molecule has 0 N–H and O–H groups in total. The Hall–Kier alpha value is -1.85. The summed E-state index contributed by atoms with van der Waals surface area (Å²) < 4.78 is 6.93. The van der Waals surface area contributed by atoms with Crippen molar-refractivity contribution in [3.05, 3.63) is 17.0 Å². The van der Waals surface area contributed by atoms with E-state index in [1.165, 1.54) is 30.5 Å². The standard InChI is InChI=1S/C19H29N3O3/c1-3-25-19(24)12-11-18(23)22(14-7-4-5-8-14)13-16-15-9-6-10-17(15)21(2)20-16/h14H,3-13H2,1-2H3. The molecular formula is C19H29N3O3. The van der Waals surface area contributed by atoms with Gasteiger partial charge in [0, 0.05) is 25.2 Å². The summed E-state index contributed by atoms with van der Waals surface area (Å²) in [5.74, 6) is -0.238. The van der Waals surface area contributed by atoms with Gasteiger partial charge in [-0.2, -0.15) is 5.10 Å². The van der Waals surface area contributed by atoms with E-state index in [2.05, 4.69) is 5.10 Å². The van der Waals surface area contributed by atoms with Crippen molar-refractivity contribution in [1.29, 1.82) is 0 Å². The predicted octanol–water partition coefficient (Wildman–Crippen LogP) is 2.52. The minimum Gasteiger partial charge on any atom is -0.466 e. The van der Waals surface area contributed by atoms with E-state index in [1.807, 2.05) is 16.6 Å². The first-order valence-electron chi connectivity index (χ1n) is 9.58. The molecular weight excluding hydrogens is 318 g/mol. The van der Waals surface area contributed by atoms with E-state index in [0.717, 1.165) is 31.4 Å². The number of fused-ring (bicyclic) bond motifs is 1. The van der Waals surface area contributed by atoms with Crippen molar-refractivity contribution in [2.75, 3.05) is 6.61 Å². The lowest BCUT2D eigenvalue weighted by Gasteiger charge is -2.28. The minimum absolute atomic E-state index is 0.0531. The molecule has 1 heterocycles. The monoisotopic (exact) mass is 347 g/mol. The van der Waals surface area contributed by atoms with Crippen molar-refractivity contribution in [1.82, 2.24) is 14.7 Å². The molecule has 6 heteroatoms. The van der Waals surface area contributed by atoms with Gasteiger partial charge in [-0.1, -0.05) is 12.8 Å². The number of aromatic nitrogens is 2. The maximum absolute atomic E-state index is 12.8. The summed E-state index contributed by atoms with van der Waals surface area (Å²) in [5.41, 5.74) is 3.70. The summed E-state index contributed by atoms with van der Waals surface area (Å²) in [6.45, 7) is 2.72. The van der Waals surface area contributed by atoms with Crippen LogP contribution in [-0.2, 0) is 40.8 Å². The highest BCUT2D eigenvalue weighted by Gasteiger charge is 2.30. The quantitative estimate of drug-likeness (QED) is 0.711. The number of hydrogen-bond donors (Lipinski definition) is 0. The Kier molecular flexibility index (Phi) is 5.76. The van der Waals surface area contributed by atoms with Crippen LogP contribution >= 0.6 is 0 Å². The highest BCUT2D eigenvalue weighted by molar-refractivity contribution is 5.81. The molecule has 1 fully saturated rings. The summed E-state index contributed by atoms with van der Waals surface area (Å²) in [5, 5.41) is 4.68. The summed E-state index contributed by atoms with van der Waals surface area (Å²) in [7, 11) is 2.00. The van der Waals surface area contributed by atoms with Crippen molar-refractivity contribution in [2.45, 2.75) is 77.3 Å². The van der Waals surface area contributed by atoms with Crippen molar-refractivity contribution in [2.24, 2.45) is 7.05 Å². The van der Waals surface area contributed by atoms with Crippen LogP contribution in [0.15, 0.2) is 0 Å². The SMILES string of the molecule is CCOC(=O)CCC(=O)N(Cc1nn(C)c2c1CCC2)C1CCCC1. The molecule has 0 spiro atoms. The Morgan fingerprint density at radius 3 is 2.68 bits per heavy atom. The first-order chi connectivity index (χ1) is 12.1. The smallest absolute Gasteiger partial charge is 0.306 e. The van der Waals surface area contributed by atoms with Crippen LogP contribution in [0.4, 0.5) is 0 Å². The normalized spacial score (nSPS) is 16.9. The molecule has 0 radical (unpaired) electrons. The van der Waals surface area contributed by atoms with Crippen LogP contribution in [0.1, 0.15) is 68.8 Å². The van der Waals surface area contributed by atoms with Crippen LogP contribution < -0.4 is 0 Å². The third-order valence-electron chi connectivity index (χ3n) is 5.45. The highest BCUT2D eigenvalue weighted by atomic mass is 16.5. The number of esters is 1. The van der Waals surface area contributed by atoms with Crippen molar-refractivity contribution in [3.8, 4) is 0 Å². The van der Waals surface area contributed by atoms with Crippen LogP contribution in [0.3, 0.4) is 0 Å². The number of aryl methyl sites for hydroxylation is 1. The summed E-state index contributed by atoms with van der Waals surface area (Å²) in [6.07, 6.45) is 8.17. The topological polar surface area (TPSA) is 64.4 Å². The molecule has 1 aromatic heterocycles. The zero-order valence-electron chi connectivity index (χ0n) is 15.4. The minimum atomic E-state index is -0.291. The Labute approximate surface area is 149 Å². The molecule has 0 atom stereocenters. The fourth-order valence-electron chi connectivity index (χ4n) is 4.21. The van der Waals surface area contributed by atoms with Crippen molar-refractivity contribution >= 4 is 11.9 Å². The molecule has 25 heavy (non-hydrogen) atoms. The van der Waals surface area contributed by atoms with Gasteiger partial charge < -0.3 is 9.64 Å². The second kappa shape index (κ2) is 8.02. The number of carbonyl (C=O) groups excluding carboxylic acids is 2. The second-order valence-corrected chi connectivity index (χ2v) is 7.11. The van der Waals surface area contributed by atoms with Gasteiger partial charge in [-0.25, -0.2) is 0 Å². The largest absolute Gasteiger partial charge is 0.466 e. The number of carbonyl (C=O) groups is 2. The Morgan fingerprint density at radius 2 is 1.96 bits per heavy atom. The van der Waals surface area contributed by atoms with Crippen molar-refractivity contribution in [3.63, 3.8) is 0 Å².